The molecule has 2 N–H and O–H groups in total. The third-order valence-corrected chi connectivity index (χ3v) is 3.04. The number of carbonyl (C=O) groups excluding carboxylic acids is 1. The second-order valence-corrected chi connectivity index (χ2v) is 4.49. The first-order valence-electron chi connectivity index (χ1n) is 6.65. The number of hydrogen-bond donors (Lipinski definition) is 1. The van der Waals surface area contributed by atoms with Crippen molar-refractivity contribution in [2.24, 2.45) is 5.73 Å². The van der Waals surface area contributed by atoms with Gasteiger partial charge in [-0.2, -0.15) is 5.10 Å². The van der Waals surface area contributed by atoms with E-state index in [1.807, 2.05) is 30.3 Å². The number of carbonyl (C=O) groups is 1. The van der Waals surface area contributed by atoms with Gasteiger partial charge in [-0.15, -0.1) is 0 Å². The molecule has 0 saturated heterocycles. The molecule has 0 aliphatic rings. The van der Waals surface area contributed by atoms with Crippen LogP contribution in [0.4, 0.5) is 0 Å². The summed E-state index contributed by atoms with van der Waals surface area (Å²) in [6.07, 6.45) is 5.08. The van der Waals surface area contributed by atoms with E-state index in [4.69, 9.17) is 5.73 Å². The molecule has 2 rings (SSSR count). The van der Waals surface area contributed by atoms with E-state index in [0.29, 0.717) is 18.7 Å². The maximum absolute atomic E-state index is 12.2. The summed E-state index contributed by atoms with van der Waals surface area (Å²) in [6.45, 7) is 0.691. The fourth-order valence-corrected chi connectivity index (χ4v) is 2.02. The number of ketones is 1. The summed E-state index contributed by atoms with van der Waals surface area (Å²) in [5.74, 6) is 0.137. The minimum Gasteiger partial charge on any atom is -0.330 e. The SMILES string of the molecule is NCCCCCC(=O)c1ccnn1-c1ccccc1. The summed E-state index contributed by atoms with van der Waals surface area (Å²) in [4.78, 5) is 12.2. The average molecular weight is 257 g/mol. The van der Waals surface area contributed by atoms with Gasteiger partial charge in [0, 0.05) is 6.42 Å². The lowest BCUT2D eigenvalue weighted by Crippen LogP contribution is -2.09. The Morgan fingerprint density at radius 3 is 2.63 bits per heavy atom. The molecule has 1 heterocycles. The highest BCUT2D eigenvalue weighted by Gasteiger charge is 2.12. The minimum atomic E-state index is 0.137. The molecule has 4 nitrogen and oxygen atoms in total. The van der Waals surface area contributed by atoms with E-state index in [1.165, 1.54) is 0 Å². The van der Waals surface area contributed by atoms with Gasteiger partial charge in [0.1, 0.15) is 5.69 Å². The van der Waals surface area contributed by atoms with Crippen LogP contribution in [0.3, 0.4) is 0 Å². The van der Waals surface area contributed by atoms with Crippen molar-refractivity contribution in [3.63, 3.8) is 0 Å². The average Bonchev–Trinajstić information content (AvgIpc) is 2.94. The van der Waals surface area contributed by atoms with Crippen LogP contribution in [0.2, 0.25) is 0 Å². The van der Waals surface area contributed by atoms with Crippen LogP contribution in [0.5, 0.6) is 0 Å². The third-order valence-electron chi connectivity index (χ3n) is 3.04. The van der Waals surface area contributed by atoms with Crippen LogP contribution < -0.4 is 5.73 Å². The molecular weight excluding hydrogens is 238 g/mol. The first-order chi connectivity index (χ1) is 9.33. The van der Waals surface area contributed by atoms with Crippen LogP contribution >= 0.6 is 0 Å². The van der Waals surface area contributed by atoms with Crippen LogP contribution in [0.1, 0.15) is 36.2 Å². The first-order valence-corrected chi connectivity index (χ1v) is 6.65. The maximum Gasteiger partial charge on any atom is 0.181 e. The van der Waals surface area contributed by atoms with Crippen molar-refractivity contribution in [3.05, 3.63) is 48.3 Å². The quantitative estimate of drug-likeness (QED) is 0.612. The smallest absolute Gasteiger partial charge is 0.181 e. The summed E-state index contributed by atoms with van der Waals surface area (Å²) >= 11 is 0. The Morgan fingerprint density at radius 2 is 1.89 bits per heavy atom. The Morgan fingerprint density at radius 1 is 1.11 bits per heavy atom. The number of unbranched alkanes of at least 4 members (excludes halogenated alkanes) is 2. The lowest BCUT2D eigenvalue weighted by atomic mass is 10.1. The second-order valence-electron chi connectivity index (χ2n) is 4.49. The van der Waals surface area contributed by atoms with Gasteiger partial charge in [0.05, 0.1) is 11.9 Å². The molecule has 4 heteroatoms. The highest BCUT2D eigenvalue weighted by Crippen LogP contribution is 2.13. The topological polar surface area (TPSA) is 60.9 Å². The second kappa shape index (κ2) is 6.85. The Hall–Kier alpha value is -1.94. The van der Waals surface area contributed by atoms with Crippen LogP contribution in [0, 0.1) is 0 Å². The minimum absolute atomic E-state index is 0.137. The maximum atomic E-state index is 12.2. The molecule has 1 aromatic carbocycles. The molecule has 0 spiro atoms. The molecule has 0 unspecified atom stereocenters. The van der Waals surface area contributed by atoms with Gasteiger partial charge in [0.2, 0.25) is 0 Å². The molecule has 0 fully saturated rings. The molecule has 19 heavy (non-hydrogen) atoms. The standard InChI is InChI=1S/C15H19N3O/c16-11-6-2-5-9-15(19)14-10-12-17-18(14)13-7-3-1-4-8-13/h1,3-4,7-8,10,12H,2,5-6,9,11,16H2. The number of hydrogen-bond acceptors (Lipinski definition) is 3. The fraction of sp³-hybridized carbons (Fsp3) is 0.333. The van der Waals surface area contributed by atoms with Gasteiger partial charge < -0.3 is 5.73 Å². The third kappa shape index (κ3) is 3.51. The summed E-state index contributed by atoms with van der Waals surface area (Å²) in [7, 11) is 0. The Kier molecular flexibility index (Phi) is 4.86. The van der Waals surface area contributed by atoms with Crippen LogP contribution in [0.15, 0.2) is 42.6 Å². The van der Waals surface area contributed by atoms with E-state index < -0.39 is 0 Å². The molecule has 100 valence electrons. The van der Waals surface area contributed by atoms with Gasteiger partial charge in [0.15, 0.2) is 5.78 Å². The van der Waals surface area contributed by atoms with Crippen molar-refractivity contribution >= 4 is 5.78 Å². The largest absolute Gasteiger partial charge is 0.330 e. The summed E-state index contributed by atoms with van der Waals surface area (Å²) in [5.41, 5.74) is 7.01. The van der Waals surface area contributed by atoms with E-state index in [1.54, 1.807) is 16.9 Å². The molecule has 0 radical (unpaired) electrons. The number of nitrogens with two attached hydrogens (primary N) is 1. The zero-order valence-electron chi connectivity index (χ0n) is 11.0. The Labute approximate surface area is 113 Å². The molecular formula is C15H19N3O. The molecule has 0 aliphatic carbocycles. The number of aromatic nitrogens is 2. The van der Waals surface area contributed by atoms with E-state index in [2.05, 4.69) is 5.10 Å². The lowest BCUT2D eigenvalue weighted by molar-refractivity contribution is 0.0971. The summed E-state index contributed by atoms with van der Waals surface area (Å²) in [6, 6.07) is 11.5. The number of Topliss-reactive ketones (excluding diaryl/α,β-unsaturated/α-hetero) is 1. The zero-order chi connectivity index (χ0) is 13.5. The van der Waals surface area contributed by atoms with Gasteiger partial charge in [-0.1, -0.05) is 24.6 Å². The van der Waals surface area contributed by atoms with Crippen molar-refractivity contribution in [3.8, 4) is 5.69 Å². The summed E-state index contributed by atoms with van der Waals surface area (Å²) < 4.78 is 1.70. The molecule has 2 aromatic rings. The lowest BCUT2D eigenvalue weighted by Gasteiger charge is -2.06. The van der Waals surface area contributed by atoms with Gasteiger partial charge in [-0.25, -0.2) is 4.68 Å². The Balaban J connectivity index is 2.05. The number of rotatable bonds is 7. The molecule has 0 amide bonds. The van der Waals surface area contributed by atoms with E-state index in [-0.39, 0.29) is 5.78 Å². The van der Waals surface area contributed by atoms with Gasteiger partial charge in [-0.3, -0.25) is 4.79 Å². The first kappa shape index (κ1) is 13.5. The van der Waals surface area contributed by atoms with Crippen molar-refractivity contribution in [1.82, 2.24) is 9.78 Å². The van der Waals surface area contributed by atoms with E-state index in [0.717, 1.165) is 24.9 Å². The van der Waals surface area contributed by atoms with E-state index in [9.17, 15) is 4.79 Å². The number of nitrogens with zero attached hydrogens (tertiary/aromatic N) is 2. The Bertz CT molecular complexity index is 519. The van der Waals surface area contributed by atoms with Gasteiger partial charge in [-0.05, 0) is 37.6 Å². The van der Waals surface area contributed by atoms with Gasteiger partial charge >= 0.3 is 0 Å². The van der Waals surface area contributed by atoms with Crippen molar-refractivity contribution < 1.29 is 4.79 Å². The molecule has 0 bridgehead atoms. The molecule has 1 aromatic heterocycles. The molecule has 0 aliphatic heterocycles. The highest BCUT2D eigenvalue weighted by molar-refractivity contribution is 5.94. The van der Waals surface area contributed by atoms with Crippen molar-refractivity contribution in [1.29, 1.82) is 0 Å². The number of para-hydroxylation sites is 1. The number of benzene rings is 1. The van der Waals surface area contributed by atoms with Crippen LogP contribution in [-0.2, 0) is 0 Å². The predicted octanol–water partition coefficient (Wildman–Crippen LogP) is 2.57. The predicted molar refractivity (Wildman–Crippen MR) is 75.4 cm³/mol. The highest BCUT2D eigenvalue weighted by atomic mass is 16.1. The zero-order valence-corrected chi connectivity index (χ0v) is 11.0. The molecule has 0 saturated carbocycles. The molecule has 0 atom stereocenters. The van der Waals surface area contributed by atoms with Gasteiger partial charge in [0.25, 0.3) is 0 Å². The monoisotopic (exact) mass is 257 g/mol. The van der Waals surface area contributed by atoms with Crippen LogP contribution in [0.25, 0.3) is 5.69 Å². The van der Waals surface area contributed by atoms with Crippen molar-refractivity contribution in [2.75, 3.05) is 6.54 Å². The van der Waals surface area contributed by atoms with Crippen LogP contribution in [-0.4, -0.2) is 22.1 Å². The van der Waals surface area contributed by atoms with E-state index >= 15 is 0 Å². The summed E-state index contributed by atoms with van der Waals surface area (Å²) in [5, 5.41) is 4.23. The van der Waals surface area contributed by atoms with Crippen molar-refractivity contribution in [2.45, 2.75) is 25.7 Å². The normalized spacial score (nSPS) is 10.6. The fourth-order valence-electron chi connectivity index (χ4n) is 2.02.